The Kier molecular flexibility index (Phi) is 28.9. The van der Waals surface area contributed by atoms with E-state index >= 15 is 0 Å². The SMILES string of the molecule is CCCCCCC/C=C/C(O)C(COP(=O)(O)OCCN)NC(=O)CC(O)CCCCC/C=C\CCCCCCCCC. The van der Waals surface area contributed by atoms with E-state index in [0.717, 1.165) is 51.4 Å². The number of hydrogen-bond donors (Lipinski definition) is 5. The minimum Gasteiger partial charge on any atom is -0.393 e. The maximum atomic E-state index is 12.6. The van der Waals surface area contributed by atoms with E-state index in [-0.39, 0.29) is 19.6 Å². The zero-order valence-electron chi connectivity index (χ0n) is 27.3. The van der Waals surface area contributed by atoms with Crippen LogP contribution >= 0.6 is 7.82 Å². The van der Waals surface area contributed by atoms with Crippen LogP contribution in [0.1, 0.15) is 142 Å². The number of phosphoric acid groups is 1. The third-order valence-corrected chi connectivity index (χ3v) is 8.31. The van der Waals surface area contributed by atoms with Gasteiger partial charge in [-0.15, -0.1) is 0 Å². The molecule has 0 saturated heterocycles. The maximum absolute atomic E-state index is 12.6. The van der Waals surface area contributed by atoms with Crippen molar-refractivity contribution in [2.24, 2.45) is 5.73 Å². The smallest absolute Gasteiger partial charge is 0.393 e. The van der Waals surface area contributed by atoms with Gasteiger partial charge in [0.15, 0.2) is 0 Å². The highest BCUT2D eigenvalue weighted by Gasteiger charge is 2.27. The van der Waals surface area contributed by atoms with E-state index in [1.54, 1.807) is 6.08 Å². The van der Waals surface area contributed by atoms with E-state index in [2.05, 4.69) is 31.3 Å². The Labute approximate surface area is 262 Å². The lowest BCUT2D eigenvalue weighted by Gasteiger charge is -2.24. The molecule has 9 nitrogen and oxygen atoms in total. The second-order valence-electron chi connectivity index (χ2n) is 11.6. The first-order valence-electron chi connectivity index (χ1n) is 17.0. The van der Waals surface area contributed by atoms with Crippen LogP contribution < -0.4 is 11.1 Å². The molecule has 0 heterocycles. The Morgan fingerprint density at radius 3 is 1.86 bits per heavy atom. The summed E-state index contributed by atoms with van der Waals surface area (Å²) in [6, 6.07) is -0.981. The van der Waals surface area contributed by atoms with Crippen LogP contribution in [-0.2, 0) is 18.4 Å². The second-order valence-corrected chi connectivity index (χ2v) is 13.0. The van der Waals surface area contributed by atoms with Crippen molar-refractivity contribution in [1.29, 1.82) is 0 Å². The summed E-state index contributed by atoms with van der Waals surface area (Å²) in [7, 11) is -4.38. The summed E-state index contributed by atoms with van der Waals surface area (Å²) >= 11 is 0. The number of aliphatic hydroxyl groups is 2. The molecule has 0 rings (SSSR count). The summed E-state index contributed by atoms with van der Waals surface area (Å²) in [6.45, 7) is 3.86. The van der Waals surface area contributed by atoms with Gasteiger partial charge in [0.25, 0.3) is 0 Å². The zero-order valence-corrected chi connectivity index (χ0v) is 28.2. The van der Waals surface area contributed by atoms with Crippen LogP contribution in [0.4, 0.5) is 0 Å². The number of aliphatic hydroxyl groups excluding tert-OH is 2. The monoisotopic (exact) mass is 632 g/mol. The molecule has 0 aliphatic rings. The minimum atomic E-state index is -4.38. The average molecular weight is 633 g/mol. The van der Waals surface area contributed by atoms with E-state index in [1.165, 1.54) is 64.2 Å². The molecule has 0 spiro atoms. The van der Waals surface area contributed by atoms with Crippen molar-refractivity contribution in [3.63, 3.8) is 0 Å². The fraction of sp³-hybridized carbons (Fsp3) is 0.848. The predicted molar refractivity (Wildman–Crippen MR) is 177 cm³/mol. The third-order valence-electron chi connectivity index (χ3n) is 7.33. The number of nitrogens with two attached hydrogens (primary N) is 1. The van der Waals surface area contributed by atoms with Crippen LogP contribution in [0.2, 0.25) is 0 Å². The number of rotatable bonds is 31. The van der Waals surface area contributed by atoms with Crippen LogP contribution in [0.15, 0.2) is 24.3 Å². The molecule has 0 aliphatic heterocycles. The van der Waals surface area contributed by atoms with Crippen molar-refractivity contribution >= 4 is 13.7 Å². The lowest BCUT2D eigenvalue weighted by atomic mass is 10.0. The van der Waals surface area contributed by atoms with Crippen LogP contribution in [0.25, 0.3) is 0 Å². The summed E-state index contributed by atoms with van der Waals surface area (Å²) in [5.74, 6) is -0.461. The van der Waals surface area contributed by atoms with Gasteiger partial charge in [-0.3, -0.25) is 13.8 Å². The van der Waals surface area contributed by atoms with E-state index < -0.39 is 38.6 Å². The van der Waals surface area contributed by atoms with Gasteiger partial charge in [0, 0.05) is 6.54 Å². The fourth-order valence-electron chi connectivity index (χ4n) is 4.70. The Morgan fingerprint density at radius 1 is 0.791 bits per heavy atom. The average Bonchev–Trinajstić information content (AvgIpc) is 2.97. The largest absolute Gasteiger partial charge is 0.472 e. The molecule has 0 fully saturated rings. The number of carbonyl (C=O) groups excluding carboxylic acids is 1. The van der Waals surface area contributed by atoms with Gasteiger partial charge in [-0.1, -0.05) is 115 Å². The number of hydrogen-bond acceptors (Lipinski definition) is 7. The summed E-state index contributed by atoms with van der Waals surface area (Å²) < 4.78 is 21.8. The highest BCUT2D eigenvalue weighted by atomic mass is 31.2. The van der Waals surface area contributed by atoms with Crippen LogP contribution in [0.5, 0.6) is 0 Å². The molecule has 4 atom stereocenters. The first-order chi connectivity index (χ1) is 20.8. The fourth-order valence-corrected chi connectivity index (χ4v) is 5.46. The topological polar surface area (TPSA) is 151 Å². The lowest BCUT2D eigenvalue weighted by molar-refractivity contribution is -0.124. The molecule has 254 valence electrons. The van der Waals surface area contributed by atoms with Crippen molar-refractivity contribution < 1.29 is 33.5 Å². The van der Waals surface area contributed by atoms with Crippen molar-refractivity contribution in [2.75, 3.05) is 19.8 Å². The first kappa shape index (κ1) is 41.9. The maximum Gasteiger partial charge on any atom is 0.472 e. The molecular formula is C33H65N2O7P. The van der Waals surface area contributed by atoms with Gasteiger partial charge in [0.1, 0.15) is 0 Å². The van der Waals surface area contributed by atoms with E-state index in [1.807, 2.05) is 6.08 Å². The van der Waals surface area contributed by atoms with E-state index in [9.17, 15) is 24.5 Å². The minimum absolute atomic E-state index is 0.0472. The number of unbranched alkanes of at least 4 members (excludes halogenated alkanes) is 15. The first-order valence-corrected chi connectivity index (χ1v) is 18.5. The van der Waals surface area contributed by atoms with Crippen molar-refractivity contribution in [3.05, 3.63) is 24.3 Å². The Hall–Kier alpha value is -1.06. The zero-order chi connectivity index (χ0) is 32.0. The number of phosphoric ester groups is 1. The van der Waals surface area contributed by atoms with Crippen molar-refractivity contribution in [3.8, 4) is 0 Å². The van der Waals surface area contributed by atoms with E-state index in [0.29, 0.717) is 6.42 Å². The number of carbonyl (C=O) groups is 1. The van der Waals surface area contributed by atoms with Gasteiger partial charge >= 0.3 is 7.82 Å². The molecule has 4 unspecified atom stereocenters. The van der Waals surface area contributed by atoms with Crippen molar-refractivity contribution in [2.45, 2.75) is 161 Å². The Morgan fingerprint density at radius 2 is 1.30 bits per heavy atom. The van der Waals surface area contributed by atoms with Gasteiger partial charge in [0.05, 0.1) is 37.9 Å². The lowest BCUT2D eigenvalue weighted by Crippen LogP contribution is -2.46. The molecule has 1 amide bonds. The molecule has 43 heavy (non-hydrogen) atoms. The van der Waals surface area contributed by atoms with Crippen LogP contribution in [0.3, 0.4) is 0 Å². The number of nitrogens with one attached hydrogen (secondary N) is 1. The summed E-state index contributed by atoms with van der Waals surface area (Å²) in [5, 5.41) is 23.7. The normalized spacial score (nSPS) is 15.6. The summed E-state index contributed by atoms with van der Waals surface area (Å²) in [5.41, 5.74) is 5.31. The van der Waals surface area contributed by atoms with Crippen molar-refractivity contribution in [1.82, 2.24) is 5.32 Å². The summed E-state index contributed by atoms with van der Waals surface area (Å²) in [6.07, 6.45) is 27.1. The number of allylic oxidation sites excluding steroid dienone is 3. The predicted octanol–water partition coefficient (Wildman–Crippen LogP) is 7.24. The molecular weight excluding hydrogens is 567 g/mol. The molecule has 0 bridgehead atoms. The van der Waals surface area contributed by atoms with Gasteiger partial charge in [-0.2, -0.15) is 0 Å². The third kappa shape index (κ3) is 28.2. The van der Waals surface area contributed by atoms with Gasteiger partial charge < -0.3 is 26.2 Å². The standard InChI is InChI=1S/C33H65N2O7P/c1-3-5-7-9-11-12-13-14-15-16-17-19-20-22-24-30(36)28-33(38)35-31(29-42-43(39,40)41-27-26-34)32(37)25-23-21-18-10-8-6-4-2/h15-16,23,25,30-32,36-37H,3-14,17-22,24,26-29,34H2,1-2H3,(H,35,38)(H,39,40)/b16-15-,25-23+. The molecule has 0 saturated carbocycles. The highest BCUT2D eigenvalue weighted by Crippen LogP contribution is 2.43. The molecule has 10 heteroatoms. The quantitative estimate of drug-likeness (QED) is 0.0305. The van der Waals surface area contributed by atoms with Gasteiger partial charge in [-0.25, -0.2) is 4.57 Å². The van der Waals surface area contributed by atoms with Crippen LogP contribution in [0, 0.1) is 0 Å². The van der Waals surface area contributed by atoms with Gasteiger partial charge in [-0.05, 0) is 44.9 Å². The molecule has 0 aromatic carbocycles. The Balaban J connectivity index is 4.42. The second kappa shape index (κ2) is 29.6. The van der Waals surface area contributed by atoms with Crippen LogP contribution in [-0.4, -0.2) is 59.0 Å². The highest BCUT2D eigenvalue weighted by molar-refractivity contribution is 7.47. The molecule has 0 aromatic rings. The Bertz CT molecular complexity index is 751. The van der Waals surface area contributed by atoms with E-state index in [4.69, 9.17) is 14.8 Å². The molecule has 0 aliphatic carbocycles. The molecule has 6 N–H and O–H groups in total. The molecule has 0 radical (unpaired) electrons. The number of amides is 1. The summed E-state index contributed by atoms with van der Waals surface area (Å²) in [4.78, 5) is 22.5. The molecule has 0 aromatic heterocycles. The van der Waals surface area contributed by atoms with Gasteiger partial charge in [0.2, 0.25) is 5.91 Å².